The van der Waals surface area contributed by atoms with Gasteiger partial charge in [0.15, 0.2) is 0 Å². The Labute approximate surface area is 121 Å². The van der Waals surface area contributed by atoms with Crippen LogP contribution in [0.25, 0.3) is 10.9 Å². The number of esters is 1. The van der Waals surface area contributed by atoms with Crippen molar-refractivity contribution in [3.8, 4) is 12.3 Å². The molecule has 0 aliphatic carbocycles. The molecular formula is C16H12N2O3. The van der Waals surface area contributed by atoms with Crippen molar-refractivity contribution >= 4 is 22.6 Å². The lowest BCUT2D eigenvalue weighted by atomic mass is 9.94. The number of hydrogen-bond acceptors (Lipinski definition) is 5. The number of rotatable bonds is 2. The van der Waals surface area contributed by atoms with Crippen LogP contribution in [0.4, 0.5) is 0 Å². The predicted molar refractivity (Wildman–Crippen MR) is 77.6 cm³/mol. The Bertz CT molecular complexity index is 791. The number of aromatic nitrogens is 1. The first-order valence-electron chi connectivity index (χ1n) is 6.35. The maximum absolute atomic E-state index is 11.8. The van der Waals surface area contributed by atoms with Crippen molar-refractivity contribution in [1.82, 2.24) is 4.98 Å². The van der Waals surface area contributed by atoms with Gasteiger partial charge in [0.1, 0.15) is 0 Å². The van der Waals surface area contributed by atoms with Gasteiger partial charge >= 0.3 is 5.97 Å². The van der Waals surface area contributed by atoms with Crippen molar-refractivity contribution < 1.29 is 14.4 Å². The Hall–Kier alpha value is -2.87. The van der Waals surface area contributed by atoms with E-state index in [9.17, 15) is 4.79 Å². The van der Waals surface area contributed by atoms with Crippen LogP contribution >= 0.6 is 0 Å². The minimum absolute atomic E-state index is 0.182. The fraction of sp³-hybridized carbons (Fsp3) is 0.188. The van der Waals surface area contributed by atoms with Gasteiger partial charge in [-0.05, 0) is 24.1 Å². The van der Waals surface area contributed by atoms with E-state index in [0.29, 0.717) is 5.71 Å². The standard InChI is InChI=1S/C16H12N2O3/c1-3-16(15(19)20-2)10-14(18-21-16)12-6-7-13-11(9-12)5-4-8-17-13/h1,4-9H,10H2,2H3. The summed E-state index contributed by atoms with van der Waals surface area (Å²) < 4.78 is 4.69. The van der Waals surface area contributed by atoms with Gasteiger partial charge in [0, 0.05) is 17.1 Å². The number of methoxy groups -OCH3 is 1. The quantitative estimate of drug-likeness (QED) is 0.622. The van der Waals surface area contributed by atoms with Crippen LogP contribution in [0.2, 0.25) is 0 Å². The smallest absolute Gasteiger partial charge is 0.366 e. The van der Waals surface area contributed by atoms with Crippen LogP contribution in [-0.2, 0) is 14.4 Å². The van der Waals surface area contributed by atoms with Gasteiger partial charge in [0.05, 0.1) is 24.8 Å². The summed E-state index contributed by atoms with van der Waals surface area (Å²) in [6.07, 6.45) is 7.33. The molecule has 0 radical (unpaired) electrons. The summed E-state index contributed by atoms with van der Waals surface area (Å²) in [6, 6.07) is 9.52. The summed E-state index contributed by atoms with van der Waals surface area (Å²) in [5.41, 5.74) is 0.881. The molecule has 0 saturated heterocycles. The van der Waals surface area contributed by atoms with Crippen molar-refractivity contribution in [3.05, 3.63) is 42.1 Å². The molecule has 0 amide bonds. The maximum Gasteiger partial charge on any atom is 0.366 e. The number of ether oxygens (including phenoxy) is 1. The van der Waals surface area contributed by atoms with Crippen molar-refractivity contribution in [3.63, 3.8) is 0 Å². The van der Waals surface area contributed by atoms with E-state index in [1.54, 1.807) is 6.20 Å². The second-order valence-electron chi connectivity index (χ2n) is 4.68. The average molecular weight is 280 g/mol. The number of nitrogens with zero attached hydrogens (tertiary/aromatic N) is 2. The normalized spacial score (nSPS) is 20.5. The molecule has 1 aromatic heterocycles. The number of pyridine rings is 1. The summed E-state index contributed by atoms with van der Waals surface area (Å²) in [7, 11) is 1.27. The third-order valence-electron chi connectivity index (χ3n) is 3.41. The molecule has 0 bridgehead atoms. The van der Waals surface area contributed by atoms with Crippen molar-refractivity contribution in [2.45, 2.75) is 12.0 Å². The minimum atomic E-state index is -1.46. The highest BCUT2D eigenvalue weighted by Crippen LogP contribution is 2.28. The van der Waals surface area contributed by atoms with Gasteiger partial charge in [-0.15, -0.1) is 6.42 Å². The molecule has 5 heteroatoms. The number of benzene rings is 1. The third-order valence-corrected chi connectivity index (χ3v) is 3.41. The molecule has 1 atom stereocenters. The van der Waals surface area contributed by atoms with Crippen molar-refractivity contribution in [1.29, 1.82) is 0 Å². The molecule has 3 rings (SSSR count). The van der Waals surface area contributed by atoms with Crippen molar-refractivity contribution in [2.24, 2.45) is 5.16 Å². The summed E-state index contributed by atoms with van der Waals surface area (Å²) in [5.74, 6) is 1.72. The van der Waals surface area contributed by atoms with Crippen LogP contribution in [0.3, 0.4) is 0 Å². The Balaban J connectivity index is 1.94. The van der Waals surface area contributed by atoms with E-state index in [1.807, 2.05) is 30.3 Å². The number of hydrogen-bond donors (Lipinski definition) is 0. The SMILES string of the molecule is C#CC1(C(=O)OC)CC(c2ccc3ncccc3c2)=NO1. The number of fused-ring (bicyclic) bond motifs is 1. The summed E-state index contributed by atoms with van der Waals surface area (Å²) >= 11 is 0. The van der Waals surface area contributed by atoms with Crippen LogP contribution in [0, 0.1) is 12.3 Å². The Morgan fingerprint density at radius 2 is 2.33 bits per heavy atom. The van der Waals surface area contributed by atoms with Crippen LogP contribution in [0.1, 0.15) is 12.0 Å². The van der Waals surface area contributed by atoms with Gasteiger partial charge < -0.3 is 9.57 Å². The van der Waals surface area contributed by atoms with E-state index in [0.717, 1.165) is 16.5 Å². The topological polar surface area (TPSA) is 60.8 Å². The van der Waals surface area contributed by atoms with E-state index < -0.39 is 11.6 Å². The first-order valence-corrected chi connectivity index (χ1v) is 6.35. The summed E-state index contributed by atoms with van der Waals surface area (Å²) in [6.45, 7) is 0. The molecule has 1 unspecified atom stereocenters. The van der Waals surface area contributed by atoms with Crippen molar-refractivity contribution in [2.75, 3.05) is 7.11 Å². The second-order valence-corrected chi connectivity index (χ2v) is 4.68. The number of carbonyl (C=O) groups excluding carboxylic acids is 1. The molecule has 0 fully saturated rings. The second kappa shape index (κ2) is 4.91. The lowest BCUT2D eigenvalue weighted by Crippen LogP contribution is -2.38. The molecule has 0 N–H and O–H groups in total. The molecular weight excluding hydrogens is 268 g/mol. The zero-order chi connectivity index (χ0) is 14.9. The fourth-order valence-corrected chi connectivity index (χ4v) is 2.25. The molecule has 1 aliphatic rings. The fourth-order valence-electron chi connectivity index (χ4n) is 2.25. The molecule has 21 heavy (non-hydrogen) atoms. The van der Waals surface area contributed by atoms with Gasteiger partial charge in [-0.1, -0.05) is 17.3 Å². The molecule has 1 aliphatic heterocycles. The first kappa shape index (κ1) is 13.1. The highest BCUT2D eigenvalue weighted by atomic mass is 16.7. The molecule has 2 heterocycles. The van der Waals surface area contributed by atoms with E-state index in [-0.39, 0.29) is 6.42 Å². The van der Waals surface area contributed by atoms with Gasteiger partial charge in [0.2, 0.25) is 0 Å². The average Bonchev–Trinajstić information content (AvgIpc) is 2.99. The number of carbonyl (C=O) groups is 1. The largest absolute Gasteiger partial charge is 0.465 e. The van der Waals surface area contributed by atoms with Crippen LogP contribution in [-0.4, -0.2) is 29.4 Å². The lowest BCUT2D eigenvalue weighted by molar-refractivity contribution is -0.159. The minimum Gasteiger partial charge on any atom is -0.465 e. The Morgan fingerprint density at radius 3 is 3.10 bits per heavy atom. The predicted octanol–water partition coefficient (Wildman–Crippen LogP) is 1.90. The molecule has 1 aromatic carbocycles. The van der Waals surface area contributed by atoms with Gasteiger partial charge in [-0.25, -0.2) is 4.79 Å². The monoisotopic (exact) mass is 280 g/mol. The highest BCUT2D eigenvalue weighted by molar-refractivity contribution is 6.07. The summed E-state index contributed by atoms with van der Waals surface area (Å²) in [4.78, 5) is 21.2. The van der Waals surface area contributed by atoms with Crippen LogP contribution < -0.4 is 0 Å². The van der Waals surface area contributed by atoms with Gasteiger partial charge in [-0.3, -0.25) is 4.98 Å². The Kier molecular flexibility index (Phi) is 3.07. The molecule has 5 nitrogen and oxygen atoms in total. The molecule has 0 spiro atoms. The third kappa shape index (κ3) is 2.11. The lowest BCUT2D eigenvalue weighted by Gasteiger charge is -2.16. The van der Waals surface area contributed by atoms with Gasteiger partial charge in [0.25, 0.3) is 5.60 Å². The number of oxime groups is 1. The highest BCUT2D eigenvalue weighted by Gasteiger charge is 2.46. The summed E-state index contributed by atoms with van der Waals surface area (Å²) in [5, 5.41) is 4.94. The zero-order valence-corrected chi connectivity index (χ0v) is 11.4. The van der Waals surface area contributed by atoms with Gasteiger partial charge in [-0.2, -0.15) is 0 Å². The van der Waals surface area contributed by atoms with Crippen LogP contribution in [0.15, 0.2) is 41.7 Å². The molecule has 0 saturated carbocycles. The molecule has 2 aromatic rings. The Morgan fingerprint density at radius 1 is 1.48 bits per heavy atom. The zero-order valence-electron chi connectivity index (χ0n) is 11.4. The van der Waals surface area contributed by atoms with E-state index >= 15 is 0 Å². The number of terminal acetylenes is 1. The van der Waals surface area contributed by atoms with Crippen LogP contribution in [0.5, 0.6) is 0 Å². The van der Waals surface area contributed by atoms with E-state index in [2.05, 4.69) is 16.1 Å². The maximum atomic E-state index is 11.8. The van der Waals surface area contributed by atoms with E-state index in [1.165, 1.54) is 7.11 Å². The molecule has 104 valence electrons. The first-order chi connectivity index (χ1) is 10.2. The van der Waals surface area contributed by atoms with E-state index in [4.69, 9.17) is 16.0 Å².